The lowest BCUT2D eigenvalue weighted by atomic mass is 9.69. The summed E-state index contributed by atoms with van der Waals surface area (Å²) in [6, 6.07) is 21.3. The summed E-state index contributed by atoms with van der Waals surface area (Å²) in [7, 11) is 0. The third kappa shape index (κ3) is 7.19. The molecular formula is C40H45NO7. The number of phenolic OH excluding ortho intramolecular Hbond substituents is 1. The highest BCUT2D eigenvalue weighted by Gasteiger charge is 2.56. The molecule has 0 unspecified atom stereocenters. The molecule has 3 aliphatic rings. The van der Waals surface area contributed by atoms with Crippen molar-refractivity contribution in [1.29, 1.82) is 0 Å². The molecule has 2 amide bonds. The normalized spacial score (nSPS) is 22.4. The van der Waals surface area contributed by atoms with Crippen molar-refractivity contribution in [3.63, 3.8) is 0 Å². The number of rotatable bonds is 15. The van der Waals surface area contributed by atoms with Crippen molar-refractivity contribution < 1.29 is 34.1 Å². The minimum absolute atomic E-state index is 0.0900. The summed E-state index contributed by atoms with van der Waals surface area (Å²) >= 11 is 0. The zero-order chi connectivity index (χ0) is 33.6. The highest BCUT2D eigenvalue weighted by molar-refractivity contribution is 6.06. The lowest BCUT2D eigenvalue weighted by Crippen LogP contribution is -2.35. The molecule has 2 heterocycles. The summed E-state index contributed by atoms with van der Waals surface area (Å²) in [5, 5.41) is 21.2. The molecule has 0 spiro atoms. The summed E-state index contributed by atoms with van der Waals surface area (Å²) in [5.41, 5.74) is 4.56. The van der Waals surface area contributed by atoms with Crippen LogP contribution in [-0.4, -0.2) is 58.8 Å². The number of carboxylic acid groups (broad SMARTS) is 1. The highest BCUT2D eigenvalue weighted by atomic mass is 16.5. The molecule has 2 saturated heterocycles. The van der Waals surface area contributed by atoms with Crippen molar-refractivity contribution >= 4 is 34.6 Å². The quantitative estimate of drug-likeness (QED) is 0.0991. The van der Waals surface area contributed by atoms with Gasteiger partial charge in [0.15, 0.2) is 0 Å². The van der Waals surface area contributed by atoms with Gasteiger partial charge in [0.25, 0.3) is 0 Å². The Hall–Kier alpha value is -4.43. The molecule has 252 valence electrons. The van der Waals surface area contributed by atoms with Gasteiger partial charge in [-0.25, -0.2) is 0 Å². The Morgan fingerprint density at radius 2 is 1.69 bits per heavy atom. The number of carboxylic acids is 1. The molecule has 0 radical (unpaired) electrons. The van der Waals surface area contributed by atoms with Gasteiger partial charge in [-0.1, -0.05) is 79.9 Å². The van der Waals surface area contributed by atoms with Gasteiger partial charge in [0, 0.05) is 24.3 Å². The second-order valence-corrected chi connectivity index (χ2v) is 13.3. The van der Waals surface area contributed by atoms with E-state index in [0.717, 1.165) is 58.9 Å². The smallest absolute Gasteiger partial charge is 0.303 e. The number of nitrogens with zero attached hydrogens (tertiary/aromatic N) is 1. The zero-order valence-electron chi connectivity index (χ0n) is 27.6. The Kier molecular flexibility index (Phi) is 10.6. The first-order valence-electron chi connectivity index (χ1n) is 17.3. The van der Waals surface area contributed by atoms with E-state index in [1.807, 2.05) is 60.7 Å². The first-order chi connectivity index (χ1) is 23.4. The van der Waals surface area contributed by atoms with Crippen LogP contribution in [0.3, 0.4) is 0 Å². The van der Waals surface area contributed by atoms with E-state index < -0.39 is 17.8 Å². The van der Waals surface area contributed by atoms with Gasteiger partial charge in [-0.2, -0.15) is 0 Å². The molecule has 0 aromatic heterocycles. The fourth-order valence-electron chi connectivity index (χ4n) is 7.86. The number of carbonyl (C=O) groups is 3. The largest absolute Gasteiger partial charge is 0.507 e. The van der Waals surface area contributed by atoms with E-state index in [-0.39, 0.29) is 36.0 Å². The number of para-hydroxylation sites is 1. The van der Waals surface area contributed by atoms with Crippen molar-refractivity contribution in [1.82, 2.24) is 4.90 Å². The third-order valence-electron chi connectivity index (χ3n) is 10.1. The molecule has 2 N–H and O–H groups in total. The van der Waals surface area contributed by atoms with Crippen LogP contribution in [0.5, 0.6) is 11.5 Å². The highest BCUT2D eigenvalue weighted by Crippen LogP contribution is 2.50. The zero-order valence-corrected chi connectivity index (χ0v) is 27.6. The van der Waals surface area contributed by atoms with Gasteiger partial charge >= 0.3 is 5.97 Å². The van der Waals surface area contributed by atoms with Crippen LogP contribution >= 0.6 is 0 Å². The predicted molar refractivity (Wildman–Crippen MR) is 184 cm³/mol. The van der Waals surface area contributed by atoms with Crippen molar-refractivity contribution in [2.45, 2.75) is 70.8 Å². The van der Waals surface area contributed by atoms with Gasteiger partial charge in [0.05, 0.1) is 24.5 Å². The van der Waals surface area contributed by atoms with Gasteiger partial charge in [0.2, 0.25) is 11.8 Å². The van der Waals surface area contributed by atoms with E-state index in [1.165, 1.54) is 10.5 Å². The van der Waals surface area contributed by atoms with E-state index in [9.17, 15) is 19.5 Å². The topological polar surface area (TPSA) is 113 Å². The van der Waals surface area contributed by atoms with Gasteiger partial charge in [-0.15, -0.1) is 0 Å². The van der Waals surface area contributed by atoms with Crippen LogP contribution in [-0.2, 0) is 19.1 Å². The fraction of sp³-hybridized carbons (Fsp3) is 0.425. The van der Waals surface area contributed by atoms with Gasteiger partial charge < -0.3 is 19.7 Å². The fourth-order valence-corrected chi connectivity index (χ4v) is 7.86. The maximum atomic E-state index is 13.8. The molecule has 4 atom stereocenters. The summed E-state index contributed by atoms with van der Waals surface area (Å²) in [4.78, 5) is 39.8. The summed E-state index contributed by atoms with van der Waals surface area (Å²) < 4.78 is 12.7. The number of hydrogen-bond donors (Lipinski definition) is 2. The summed E-state index contributed by atoms with van der Waals surface area (Å²) in [5.74, 6) is -1.09. The molecule has 48 heavy (non-hydrogen) atoms. The van der Waals surface area contributed by atoms with Crippen LogP contribution in [0.4, 0.5) is 0 Å². The minimum atomic E-state index is -0.833. The Morgan fingerprint density at radius 1 is 0.917 bits per heavy atom. The Labute approximate surface area is 282 Å². The molecule has 8 heteroatoms. The lowest BCUT2D eigenvalue weighted by Gasteiger charge is -2.32. The predicted octanol–water partition coefficient (Wildman–Crippen LogP) is 7.55. The van der Waals surface area contributed by atoms with Crippen molar-refractivity contribution in [2.24, 2.45) is 17.8 Å². The molecule has 3 aromatic rings. The van der Waals surface area contributed by atoms with Crippen LogP contribution in [0.1, 0.15) is 70.3 Å². The number of allylic oxidation sites excluding steroid dienone is 1. The molecule has 1 aliphatic carbocycles. The average molecular weight is 652 g/mol. The number of aromatic hydroxyl groups is 1. The van der Waals surface area contributed by atoms with Gasteiger partial charge in [-0.05, 0) is 78.8 Å². The molecule has 3 aromatic carbocycles. The number of phenols is 1. The Balaban J connectivity index is 1.23. The van der Waals surface area contributed by atoms with Crippen molar-refractivity contribution in [3.05, 3.63) is 89.0 Å². The standard InChI is InChI=1S/C40H45NO7/c1-2-11-26(22-27-18-19-34(42)31-15-9-8-14-30(27)31)17-20-35-37-28(24-47-29-12-5-3-6-13-29)23-32-38(33(37)25-48-35)40(46)41(39(32)45)21-10-4-7-16-36(43)44/h3,5-6,8-9,12-15,18-19,22,32-33,35,38,42H,2,4,7,10-11,16-17,20-21,23-25H2,1H3,(H,43,44)/b26-22+/t32-,33+,35-,38-/m1/s1. The summed E-state index contributed by atoms with van der Waals surface area (Å²) in [6.07, 6.45) is 7.94. The third-order valence-corrected chi connectivity index (χ3v) is 10.1. The number of ether oxygens (including phenoxy) is 2. The number of fused-ring (bicyclic) bond motifs is 4. The van der Waals surface area contributed by atoms with Crippen molar-refractivity contribution in [3.8, 4) is 11.5 Å². The molecule has 2 aliphatic heterocycles. The second-order valence-electron chi connectivity index (χ2n) is 13.3. The molecule has 8 nitrogen and oxygen atoms in total. The number of carbonyl (C=O) groups excluding carboxylic acids is 2. The van der Waals surface area contributed by atoms with Crippen LogP contribution in [0.15, 0.2) is 83.4 Å². The molecule has 0 saturated carbocycles. The summed E-state index contributed by atoms with van der Waals surface area (Å²) in [6.45, 7) is 3.24. The number of amides is 2. The van der Waals surface area contributed by atoms with Gasteiger partial charge in [0.1, 0.15) is 18.1 Å². The number of unbranched alkanes of at least 4 members (excludes halogenated alkanes) is 2. The van der Waals surface area contributed by atoms with Gasteiger partial charge in [-0.3, -0.25) is 19.3 Å². The molecule has 2 fully saturated rings. The second kappa shape index (κ2) is 15.2. The molecule has 0 bridgehead atoms. The monoisotopic (exact) mass is 651 g/mol. The average Bonchev–Trinajstić information content (AvgIpc) is 3.62. The van der Waals surface area contributed by atoms with E-state index in [0.29, 0.717) is 45.4 Å². The first kappa shape index (κ1) is 33.5. The van der Waals surface area contributed by atoms with Crippen LogP contribution in [0.25, 0.3) is 16.8 Å². The van der Waals surface area contributed by atoms with E-state index in [4.69, 9.17) is 14.6 Å². The molecule has 6 rings (SSSR count). The number of benzene rings is 3. The number of hydrogen-bond acceptors (Lipinski definition) is 6. The number of imide groups is 1. The maximum absolute atomic E-state index is 13.8. The van der Waals surface area contributed by atoms with Crippen molar-refractivity contribution in [2.75, 3.05) is 19.8 Å². The number of aliphatic carboxylic acids is 1. The Bertz CT molecular complexity index is 1710. The first-order valence-corrected chi connectivity index (χ1v) is 17.3. The SMILES string of the molecule is CCC/C(=C\c1ccc(O)c2ccccc12)CC[C@H]1OC[C@H]2C1=C(COc1ccccc1)C[C@H]1C(=O)N(CCCCCC(=O)O)C(=O)[C@H]12. The minimum Gasteiger partial charge on any atom is -0.507 e. The van der Waals surface area contributed by atoms with Crippen LogP contribution in [0.2, 0.25) is 0 Å². The van der Waals surface area contributed by atoms with E-state index in [1.54, 1.807) is 6.07 Å². The van der Waals surface area contributed by atoms with Crippen LogP contribution < -0.4 is 4.74 Å². The Morgan fingerprint density at radius 3 is 2.46 bits per heavy atom. The number of likely N-dealkylation sites (tertiary alicyclic amines) is 1. The van der Waals surface area contributed by atoms with E-state index >= 15 is 0 Å². The molecular weight excluding hydrogens is 606 g/mol. The van der Waals surface area contributed by atoms with E-state index in [2.05, 4.69) is 13.0 Å². The maximum Gasteiger partial charge on any atom is 0.303 e. The lowest BCUT2D eigenvalue weighted by molar-refractivity contribution is -0.141. The van der Waals surface area contributed by atoms with Crippen LogP contribution in [0, 0.1) is 17.8 Å².